The highest BCUT2D eigenvalue weighted by molar-refractivity contribution is 7.92. The second-order valence-electron chi connectivity index (χ2n) is 4.33. The molecule has 0 heterocycles. The van der Waals surface area contributed by atoms with Crippen molar-refractivity contribution in [2.24, 2.45) is 0 Å². The summed E-state index contributed by atoms with van der Waals surface area (Å²) in [6.45, 7) is 3.41. The van der Waals surface area contributed by atoms with Crippen LogP contribution >= 0.6 is 0 Å². The quantitative estimate of drug-likeness (QED) is 0.937. The van der Waals surface area contributed by atoms with Crippen molar-refractivity contribution in [1.82, 2.24) is 0 Å². The third kappa shape index (κ3) is 2.93. The zero-order valence-electron chi connectivity index (χ0n) is 10.6. The van der Waals surface area contributed by atoms with Gasteiger partial charge in [0.15, 0.2) is 0 Å². The van der Waals surface area contributed by atoms with E-state index in [1.54, 1.807) is 12.1 Å². The molecular formula is C14H14FNO2S. The molecule has 0 aliphatic carbocycles. The van der Waals surface area contributed by atoms with E-state index < -0.39 is 15.8 Å². The summed E-state index contributed by atoms with van der Waals surface area (Å²) in [6, 6.07) is 10.8. The molecule has 0 bridgehead atoms. The maximum absolute atomic E-state index is 13.4. The Morgan fingerprint density at radius 3 is 2.26 bits per heavy atom. The molecule has 0 atom stereocenters. The van der Waals surface area contributed by atoms with E-state index in [0.29, 0.717) is 0 Å². The molecule has 0 aliphatic rings. The number of rotatable bonds is 3. The zero-order valence-corrected chi connectivity index (χ0v) is 11.5. The van der Waals surface area contributed by atoms with Crippen molar-refractivity contribution in [3.05, 3.63) is 59.4 Å². The van der Waals surface area contributed by atoms with E-state index in [2.05, 4.69) is 4.72 Å². The summed E-state index contributed by atoms with van der Waals surface area (Å²) in [6.07, 6.45) is 0. The van der Waals surface area contributed by atoms with E-state index in [9.17, 15) is 12.8 Å². The first-order valence-electron chi connectivity index (χ1n) is 5.75. The molecule has 5 heteroatoms. The maximum atomic E-state index is 13.4. The Morgan fingerprint density at radius 2 is 1.63 bits per heavy atom. The third-order valence-corrected chi connectivity index (χ3v) is 4.22. The molecule has 19 heavy (non-hydrogen) atoms. The van der Waals surface area contributed by atoms with Crippen LogP contribution in [0.15, 0.2) is 47.4 Å². The van der Waals surface area contributed by atoms with Crippen molar-refractivity contribution in [3.63, 3.8) is 0 Å². The number of hydrogen-bond donors (Lipinski definition) is 1. The summed E-state index contributed by atoms with van der Waals surface area (Å²) in [7, 11) is -3.69. The number of benzene rings is 2. The minimum absolute atomic E-state index is 0.154. The van der Waals surface area contributed by atoms with Crippen molar-refractivity contribution in [2.45, 2.75) is 18.7 Å². The van der Waals surface area contributed by atoms with E-state index in [0.717, 1.165) is 5.56 Å². The molecule has 0 saturated heterocycles. The van der Waals surface area contributed by atoms with Gasteiger partial charge < -0.3 is 0 Å². The first-order valence-corrected chi connectivity index (χ1v) is 7.23. The lowest BCUT2D eigenvalue weighted by Crippen LogP contribution is -2.14. The summed E-state index contributed by atoms with van der Waals surface area (Å²) >= 11 is 0. The summed E-state index contributed by atoms with van der Waals surface area (Å²) in [5.41, 5.74) is 1.50. The SMILES string of the molecule is Cc1ccc(S(=O)(=O)Nc2cccc(F)c2C)cc1. The molecule has 0 aromatic heterocycles. The van der Waals surface area contributed by atoms with Gasteiger partial charge in [-0.2, -0.15) is 0 Å². The molecule has 0 spiro atoms. The highest BCUT2D eigenvalue weighted by Gasteiger charge is 2.15. The van der Waals surface area contributed by atoms with Crippen LogP contribution in [0.25, 0.3) is 0 Å². The van der Waals surface area contributed by atoms with Gasteiger partial charge in [-0.15, -0.1) is 0 Å². The highest BCUT2D eigenvalue weighted by atomic mass is 32.2. The van der Waals surface area contributed by atoms with Gasteiger partial charge in [-0.25, -0.2) is 12.8 Å². The number of nitrogens with one attached hydrogen (secondary N) is 1. The van der Waals surface area contributed by atoms with Gasteiger partial charge >= 0.3 is 0 Å². The van der Waals surface area contributed by atoms with Gasteiger partial charge in [-0.05, 0) is 38.1 Å². The molecule has 3 nitrogen and oxygen atoms in total. The normalized spacial score (nSPS) is 11.3. The first kappa shape index (κ1) is 13.5. The van der Waals surface area contributed by atoms with Gasteiger partial charge in [0.1, 0.15) is 5.82 Å². The fourth-order valence-corrected chi connectivity index (χ4v) is 2.76. The number of anilines is 1. The first-order chi connectivity index (χ1) is 8.90. The lowest BCUT2D eigenvalue weighted by Gasteiger charge is -2.11. The van der Waals surface area contributed by atoms with Crippen LogP contribution in [0.2, 0.25) is 0 Å². The van der Waals surface area contributed by atoms with Crippen LogP contribution in [0.5, 0.6) is 0 Å². The Bertz CT molecular complexity index is 694. The molecule has 0 unspecified atom stereocenters. The number of halogens is 1. The van der Waals surface area contributed by atoms with Crippen molar-refractivity contribution in [1.29, 1.82) is 0 Å². The molecule has 2 rings (SSSR count). The fraction of sp³-hybridized carbons (Fsp3) is 0.143. The molecular weight excluding hydrogens is 265 g/mol. The van der Waals surface area contributed by atoms with Gasteiger partial charge in [-0.1, -0.05) is 23.8 Å². The second-order valence-corrected chi connectivity index (χ2v) is 6.01. The number of sulfonamides is 1. The second kappa shape index (κ2) is 5.01. The Balaban J connectivity index is 2.36. The molecule has 0 fully saturated rings. The molecule has 100 valence electrons. The van der Waals surface area contributed by atoms with Gasteiger partial charge in [0.25, 0.3) is 10.0 Å². The molecule has 0 amide bonds. The average Bonchev–Trinajstić information content (AvgIpc) is 2.35. The highest BCUT2D eigenvalue weighted by Crippen LogP contribution is 2.21. The Morgan fingerprint density at radius 1 is 1.00 bits per heavy atom. The lowest BCUT2D eigenvalue weighted by atomic mass is 10.2. The molecule has 2 aromatic carbocycles. The van der Waals surface area contributed by atoms with Crippen LogP contribution < -0.4 is 4.72 Å². The molecule has 0 saturated carbocycles. The molecule has 2 aromatic rings. The molecule has 0 radical (unpaired) electrons. The van der Waals surface area contributed by atoms with E-state index >= 15 is 0 Å². The summed E-state index contributed by atoms with van der Waals surface area (Å²) in [5, 5.41) is 0. The average molecular weight is 279 g/mol. The van der Waals surface area contributed by atoms with Gasteiger partial charge in [0.2, 0.25) is 0 Å². The van der Waals surface area contributed by atoms with E-state index in [1.807, 2.05) is 6.92 Å². The van der Waals surface area contributed by atoms with Gasteiger partial charge in [0.05, 0.1) is 10.6 Å². The van der Waals surface area contributed by atoms with Crippen LogP contribution in [-0.4, -0.2) is 8.42 Å². The van der Waals surface area contributed by atoms with Crippen molar-refractivity contribution in [3.8, 4) is 0 Å². The van der Waals surface area contributed by atoms with Gasteiger partial charge in [0, 0.05) is 5.56 Å². The Hall–Kier alpha value is -1.88. The molecule has 0 aliphatic heterocycles. The monoisotopic (exact) mass is 279 g/mol. The predicted molar refractivity (Wildman–Crippen MR) is 73.1 cm³/mol. The topological polar surface area (TPSA) is 46.2 Å². The zero-order chi connectivity index (χ0) is 14.0. The van der Waals surface area contributed by atoms with Crippen LogP contribution in [0.1, 0.15) is 11.1 Å². The summed E-state index contributed by atoms with van der Waals surface area (Å²) in [4.78, 5) is 0.154. The van der Waals surface area contributed by atoms with Crippen LogP contribution in [0.4, 0.5) is 10.1 Å². The minimum atomic E-state index is -3.69. The van der Waals surface area contributed by atoms with E-state index in [4.69, 9.17) is 0 Å². The predicted octanol–water partition coefficient (Wildman–Crippen LogP) is 3.24. The van der Waals surface area contributed by atoms with E-state index in [1.165, 1.54) is 37.3 Å². The summed E-state index contributed by atoms with van der Waals surface area (Å²) < 4.78 is 40.1. The largest absolute Gasteiger partial charge is 0.279 e. The lowest BCUT2D eigenvalue weighted by molar-refractivity contribution is 0.600. The Kier molecular flexibility index (Phi) is 3.57. The smallest absolute Gasteiger partial charge is 0.261 e. The Labute approximate surface area is 112 Å². The number of hydrogen-bond acceptors (Lipinski definition) is 2. The van der Waals surface area contributed by atoms with E-state index in [-0.39, 0.29) is 16.1 Å². The number of aryl methyl sites for hydroxylation is 1. The minimum Gasteiger partial charge on any atom is -0.279 e. The molecule has 1 N–H and O–H groups in total. The van der Waals surface area contributed by atoms with Crippen LogP contribution in [0, 0.1) is 19.7 Å². The summed E-state index contributed by atoms with van der Waals surface area (Å²) in [5.74, 6) is -0.441. The maximum Gasteiger partial charge on any atom is 0.261 e. The van der Waals surface area contributed by atoms with Crippen LogP contribution in [0.3, 0.4) is 0 Å². The van der Waals surface area contributed by atoms with Crippen molar-refractivity contribution in [2.75, 3.05) is 4.72 Å². The van der Waals surface area contributed by atoms with Crippen molar-refractivity contribution >= 4 is 15.7 Å². The fourth-order valence-electron chi connectivity index (χ4n) is 1.64. The van der Waals surface area contributed by atoms with Gasteiger partial charge in [-0.3, -0.25) is 4.72 Å². The standard InChI is InChI=1S/C14H14FNO2S/c1-10-6-8-12(9-7-10)19(17,18)16-14-5-3-4-13(15)11(14)2/h3-9,16H,1-2H3. The van der Waals surface area contributed by atoms with Crippen LogP contribution in [-0.2, 0) is 10.0 Å². The third-order valence-electron chi connectivity index (χ3n) is 2.84. The van der Waals surface area contributed by atoms with Crippen molar-refractivity contribution < 1.29 is 12.8 Å².